The van der Waals surface area contributed by atoms with Gasteiger partial charge in [-0.25, -0.2) is 0 Å². The van der Waals surface area contributed by atoms with Gasteiger partial charge in [0.2, 0.25) is 17.7 Å². The lowest BCUT2D eigenvalue weighted by Gasteiger charge is -2.35. The number of nitrogens with zero attached hydrogens (tertiary/aromatic N) is 2. The maximum absolute atomic E-state index is 14.4. The van der Waals surface area contributed by atoms with Crippen molar-refractivity contribution in [3.8, 4) is 0 Å². The van der Waals surface area contributed by atoms with E-state index >= 15 is 0 Å². The van der Waals surface area contributed by atoms with Gasteiger partial charge in [0.05, 0.1) is 18.1 Å². The normalized spacial score (nSPS) is 33.0. The standard InChI is InChI=1S/C34H45N3O7/c1-3-4-10-19-36-20-13-18-34-28(31(40)37(21-11-12-22-38)30(34)32(36)41)27-25(44-34)16-8-9-17-26(39)35-23(2)29(43-33(27)42)24-14-6-5-7-15-24/h5-8,13-16,18,23,25,27-30,38H,3-4,9-12,17,19-22H2,1-2H3,(H,35,39)/b16-8-/t23-,25-,27+,28+,29+,30-,34+/m1/s1. The number of likely N-dealkylation sites (tertiary alicyclic amines) is 1. The molecule has 0 bridgehead atoms. The van der Waals surface area contributed by atoms with Crippen molar-refractivity contribution in [2.24, 2.45) is 11.8 Å². The van der Waals surface area contributed by atoms with Crippen LogP contribution in [0.4, 0.5) is 0 Å². The molecule has 10 nitrogen and oxygen atoms in total. The van der Waals surface area contributed by atoms with E-state index in [0.29, 0.717) is 32.4 Å². The number of fused-ring (bicyclic) bond motifs is 2. The summed E-state index contributed by atoms with van der Waals surface area (Å²) in [6.07, 6.45) is 10.2. The van der Waals surface area contributed by atoms with Crippen LogP contribution in [0.2, 0.25) is 0 Å². The van der Waals surface area contributed by atoms with Crippen LogP contribution in [0.3, 0.4) is 0 Å². The number of aliphatic hydroxyl groups excluding tert-OH is 1. The molecule has 238 valence electrons. The van der Waals surface area contributed by atoms with Crippen molar-refractivity contribution in [3.63, 3.8) is 0 Å². The van der Waals surface area contributed by atoms with E-state index < -0.39 is 47.7 Å². The first-order chi connectivity index (χ1) is 21.3. The number of aliphatic hydroxyl groups is 1. The maximum Gasteiger partial charge on any atom is 0.313 e. The molecule has 4 heterocycles. The smallest absolute Gasteiger partial charge is 0.313 e. The van der Waals surface area contributed by atoms with Crippen LogP contribution in [0.25, 0.3) is 0 Å². The Balaban J connectivity index is 1.55. The summed E-state index contributed by atoms with van der Waals surface area (Å²) in [6.45, 7) is 5.12. The van der Waals surface area contributed by atoms with Crippen molar-refractivity contribution in [1.29, 1.82) is 0 Å². The molecule has 2 fully saturated rings. The number of allylic oxidation sites excluding steroid dienone is 1. The molecule has 1 aromatic rings. The summed E-state index contributed by atoms with van der Waals surface area (Å²) in [4.78, 5) is 59.0. The largest absolute Gasteiger partial charge is 0.455 e. The summed E-state index contributed by atoms with van der Waals surface area (Å²) >= 11 is 0. The highest BCUT2D eigenvalue weighted by atomic mass is 16.6. The summed E-state index contributed by atoms with van der Waals surface area (Å²) in [5, 5.41) is 12.4. The number of rotatable bonds is 9. The molecule has 0 aromatic heterocycles. The Kier molecular flexibility index (Phi) is 10.2. The highest BCUT2D eigenvalue weighted by Crippen LogP contribution is 2.53. The molecule has 2 N–H and O–H groups in total. The fourth-order valence-electron chi connectivity index (χ4n) is 7.14. The minimum atomic E-state index is -1.35. The highest BCUT2D eigenvalue weighted by Gasteiger charge is 2.71. The second-order valence-corrected chi connectivity index (χ2v) is 12.3. The molecular weight excluding hydrogens is 562 g/mol. The number of ether oxygens (including phenoxy) is 2. The summed E-state index contributed by atoms with van der Waals surface area (Å²) in [5.74, 6) is -3.24. The van der Waals surface area contributed by atoms with Gasteiger partial charge in [0.1, 0.15) is 23.7 Å². The van der Waals surface area contributed by atoms with Crippen molar-refractivity contribution in [2.75, 3.05) is 26.2 Å². The molecule has 10 heteroatoms. The minimum absolute atomic E-state index is 0.0216. The summed E-state index contributed by atoms with van der Waals surface area (Å²) < 4.78 is 13.0. The molecule has 0 radical (unpaired) electrons. The topological polar surface area (TPSA) is 125 Å². The zero-order valence-corrected chi connectivity index (χ0v) is 25.7. The van der Waals surface area contributed by atoms with E-state index in [0.717, 1.165) is 24.8 Å². The molecule has 0 unspecified atom stereocenters. The van der Waals surface area contributed by atoms with Gasteiger partial charge in [-0.1, -0.05) is 74.4 Å². The van der Waals surface area contributed by atoms with Crippen LogP contribution in [0.1, 0.15) is 70.5 Å². The Morgan fingerprint density at radius 1 is 1.00 bits per heavy atom. The third kappa shape index (κ3) is 6.19. The van der Waals surface area contributed by atoms with Crippen molar-refractivity contribution < 1.29 is 33.8 Å². The molecular formula is C34H45N3O7. The third-order valence-corrected chi connectivity index (χ3v) is 9.27. The predicted molar refractivity (Wildman–Crippen MR) is 163 cm³/mol. The van der Waals surface area contributed by atoms with E-state index in [9.17, 15) is 24.3 Å². The summed E-state index contributed by atoms with van der Waals surface area (Å²) in [7, 11) is 0. The number of hydrogen-bond acceptors (Lipinski definition) is 7. The fraction of sp³-hybridized carbons (Fsp3) is 0.588. The van der Waals surface area contributed by atoms with Crippen LogP contribution in [0.5, 0.6) is 0 Å². The van der Waals surface area contributed by atoms with E-state index in [1.165, 1.54) is 0 Å². The molecule has 0 aliphatic carbocycles. The van der Waals surface area contributed by atoms with Crippen molar-refractivity contribution in [2.45, 2.75) is 88.7 Å². The van der Waals surface area contributed by atoms with Crippen LogP contribution in [0, 0.1) is 11.8 Å². The highest BCUT2D eigenvalue weighted by molar-refractivity contribution is 5.99. The van der Waals surface area contributed by atoms with Gasteiger partial charge in [0.15, 0.2) is 0 Å². The molecule has 1 aromatic carbocycles. The molecule has 44 heavy (non-hydrogen) atoms. The van der Waals surface area contributed by atoms with Gasteiger partial charge in [-0.2, -0.15) is 0 Å². The van der Waals surface area contributed by atoms with Crippen LogP contribution < -0.4 is 5.32 Å². The number of cyclic esters (lactones) is 1. The summed E-state index contributed by atoms with van der Waals surface area (Å²) in [5.41, 5.74) is -0.631. The number of nitrogens with one attached hydrogen (secondary N) is 1. The fourth-order valence-corrected chi connectivity index (χ4v) is 7.14. The van der Waals surface area contributed by atoms with Crippen molar-refractivity contribution in [1.82, 2.24) is 15.1 Å². The first kappa shape index (κ1) is 31.9. The van der Waals surface area contributed by atoms with Gasteiger partial charge >= 0.3 is 5.97 Å². The average molecular weight is 608 g/mol. The van der Waals surface area contributed by atoms with Gasteiger partial charge in [-0.3, -0.25) is 19.2 Å². The van der Waals surface area contributed by atoms with Crippen LogP contribution in [-0.2, 0) is 28.7 Å². The molecule has 1 spiro atoms. The van der Waals surface area contributed by atoms with Crippen molar-refractivity contribution >= 4 is 23.7 Å². The van der Waals surface area contributed by atoms with E-state index in [1.54, 1.807) is 28.9 Å². The number of benzene rings is 1. The van der Waals surface area contributed by atoms with Crippen molar-refractivity contribution in [3.05, 3.63) is 60.2 Å². The minimum Gasteiger partial charge on any atom is -0.455 e. The van der Waals surface area contributed by atoms with Gasteiger partial charge in [-0.15, -0.1) is 0 Å². The zero-order chi connectivity index (χ0) is 31.3. The molecule has 0 saturated carbocycles. The Labute approximate surface area is 259 Å². The van der Waals surface area contributed by atoms with Gasteiger partial charge in [0.25, 0.3) is 0 Å². The second kappa shape index (κ2) is 14.1. The Morgan fingerprint density at radius 2 is 1.77 bits per heavy atom. The second-order valence-electron chi connectivity index (χ2n) is 12.3. The van der Waals surface area contributed by atoms with Crippen LogP contribution in [-0.4, -0.2) is 88.6 Å². The lowest BCUT2D eigenvalue weighted by molar-refractivity contribution is -0.161. The van der Waals surface area contributed by atoms with Gasteiger partial charge in [0, 0.05) is 32.7 Å². The average Bonchev–Trinajstić information content (AvgIpc) is 3.40. The molecule has 5 rings (SSSR count). The zero-order valence-electron chi connectivity index (χ0n) is 25.7. The van der Waals surface area contributed by atoms with Gasteiger partial charge in [-0.05, 0) is 38.2 Å². The number of carbonyl (C=O) groups is 4. The molecule has 7 atom stereocenters. The van der Waals surface area contributed by atoms with E-state index in [1.807, 2.05) is 42.5 Å². The molecule has 2 saturated heterocycles. The first-order valence-electron chi connectivity index (χ1n) is 16.1. The third-order valence-electron chi connectivity index (χ3n) is 9.27. The lowest BCUT2D eigenvalue weighted by atomic mass is 9.77. The number of unbranched alkanes of at least 4 members (excludes halogenated alkanes) is 3. The van der Waals surface area contributed by atoms with E-state index in [4.69, 9.17) is 9.47 Å². The molecule has 4 aliphatic heterocycles. The monoisotopic (exact) mass is 607 g/mol. The van der Waals surface area contributed by atoms with Crippen LogP contribution in [0.15, 0.2) is 54.6 Å². The Bertz CT molecular complexity index is 1270. The number of esters is 1. The summed E-state index contributed by atoms with van der Waals surface area (Å²) in [6, 6.07) is 7.78. The predicted octanol–water partition coefficient (Wildman–Crippen LogP) is 3.07. The quantitative estimate of drug-likeness (QED) is 0.251. The van der Waals surface area contributed by atoms with E-state index in [2.05, 4.69) is 12.2 Å². The van der Waals surface area contributed by atoms with Gasteiger partial charge < -0.3 is 29.7 Å². The lowest BCUT2D eigenvalue weighted by Crippen LogP contribution is -2.55. The number of hydrogen-bond donors (Lipinski definition) is 2. The van der Waals surface area contributed by atoms with E-state index in [-0.39, 0.29) is 37.3 Å². The number of amides is 3. The SMILES string of the molecule is CCCCCN1CC=C[C@]23O[C@@H]4/C=C\CCC(=O)N[C@H](C)[C@@H](c5ccccc5)OC(=O)[C@@H]4[C@H]2C(=O)N(CCCCO)[C@@H]3C1=O. The first-order valence-corrected chi connectivity index (χ1v) is 16.1. The molecule has 3 amide bonds. The maximum atomic E-state index is 14.4. The van der Waals surface area contributed by atoms with Crippen LogP contribution >= 0.6 is 0 Å². The number of carbonyl (C=O) groups excluding carboxylic acids is 4. The Morgan fingerprint density at radius 3 is 2.52 bits per heavy atom. The Hall–Kier alpha value is -3.50. The molecule has 4 aliphatic rings.